The van der Waals surface area contributed by atoms with Gasteiger partial charge in [-0.25, -0.2) is 4.79 Å². The third kappa shape index (κ3) is 5.92. The highest BCUT2D eigenvalue weighted by atomic mass is 35.5. The first-order valence-electron chi connectivity index (χ1n) is 5.84. The van der Waals surface area contributed by atoms with Crippen molar-refractivity contribution in [3.63, 3.8) is 0 Å². The van der Waals surface area contributed by atoms with Crippen LogP contribution in [0.3, 0.4) is 0 Å². The van der Waals surface area contributed by atoms with Gasteiger partial charge in [-0.15, -0.1) is 0 Å². The van der Waals surface area contributed by atoms with Gasteiger partial charge in [0.25, 0.3) is 0 Å². The fourth-order valence-corrected chi connectivity index (χ4v) is 2.62. The van der Waals surface area contributed by atoms with Crippen LogP contribution in [0.2, 0.25) is 5.02 Å². The van der Waals surface area contributed by atoms with E-state index in [1.807, 2.05) is 0 Å². The van der Waals surface area contributed by atoms with Gasteiger partial charge in [-0.05, 0) is 25.1 Å². The Morgan fingerprint density at radius 2 is 2.05 bits per heavy atom. The maximum absolute atomic E-state index is 12.7. The second-order valence-electron chi connectivity index (χ2n) is 4.43. The lowest BCUT2D eigenvalue weighted by Gasteiger charge is -2.15. The Bertz CT molecular complexity index is 552. The van der Waals surface area contributed by atoms with Crippen molar-refractivity contribution >= 4 is 34.1 Å². The molecule has 0 aliphatic carbocycles. The summed E-state index contributed by atoms with van der Waals surface area (Å²) in [5.41, 5.74) is -1.06. The third-order valence-corrected chi connectivity index (χ3v) is 3.69. The molecule has 9 heteroatoms. The maximum Gasteiger partial charge on any atom is 0.417 e. The van der Waals surface area contributed by atoms with E-state index in [0.29, 0.717) is 0 Å². The minimum Gasteiger partial charge on any atom is -0.334 e. The van der Waals surface area contributed by atoms with E-state index in [-0.39, 0.29) is 17.5 Å². The Hall–Kier alpha value is -1.28. The summed E-state index contributed by atoms with van der Waals surface area (Å²) in [7, 11) is -1.09. The van der Waals surface area contributed by atoms with Gasteiger partial charge in [-0.1, -0.05) is 11.6 Å². The summed E-state index contributed by atoms with van der Waals surface area (Å²) in [6.07, 6.45) is -3.11. The van der Waals surface area contributed by atoms with Gasteiger partial charge < -0.3 is 10.6 Å². The SMILES string of the molecule is CC(CS(C)=O)NC(=O)Nc1ccc(Cl)c(C(F)(F)F)c1. The molecule has 0 fully saturated rings. The zero-order chi connectivity index (χ0) is 16.2. The number of alkyl halides is 3. The first kappa shape index (κ1) is 17.8. The van der Waals surface area contributed by atoms with Crippen LogP contribution in [0.1, 0.15) is 12.5 Å². The van der Waals surface area contributed by atoms with Crippen molar-refractivity contribution in [1.82, 2.24) is 5.32 Å². The van der Waals surface area contributed by atoms with Gasteiger partial charge in [-0.2, -0.15) is 13.2 Å². The van der Waals surface area contributed by atoms with Crippen LogP contribution < -0.4 is 10.6 Å². The first-order chi connectivity index (χ1) is 9.59. The number of halogens is 4. The molecule has 21 heavy (non-hydrogen) atoms. The molecule has 2 atom stereocenters. The molecule has 0 spiro atoms. The zero-order valence-corrected chi connectivity index (χ0v) is 12.8. The number of benzene rings is 1. The molecule has 1 aromatic carbocycles. The van der Waals surface area contributed by atoms with Crippen molar-refractivity contribution in [3.05, 3.63) is 28.8 Å². The summed E-state index contributed by atoms with van der Waals surface area (Å²) < 4.78 is 49.0. The standard InChI is InChI=1S/C12H14ClF3N2O2S/c1-7(6-21(2)20)17-11(19)18-8-3-4-10(13)9(5-8)12(14,15)16/h3-5,7H,6H2,1-2H3,(H2,17,18,19). The van der Waals surface area contributed by atoms with Crippen molar-refractivity contribution in [2.45, 2.75) is 19.1 Å². The number of hydrogen-bond donors (Lipinski definition) is 2. The van der Waals surface area contributed by atoms with E-state index in [4.69, 9.17) is 11.6 Å². The van der Waals surface area contributed by atoms with E-state index in [1.165, 1.54) is 12.3 Å². The van der Waals surface area contributed by atoms with Gasteiger partial charge in [0.15, 0.2) is 0 Å². The van der Waals surface area contributed by atoms with E-state index in [2.05, 4.69) is 10.6 Å². The minimum absolute atomic E-state index is 0.0333. The van der Waals surface area contributed by atoms with Crippen molar-refractivity contribution in [2.24, 2.45) is 0 Å². The fraction of sp³-hybridized carbons (Fsp3) is 0.417. The van der Waals surface area contributed by atoms with Crippen LogP contribution in [0.5, 0.6) is 0 Å². The number of anilines is 1. The molecule has 1 aromatic rings. The summed E-state index contributed by atoms with van der Waals surface area (Å²) in [6, 6.07) is 2.03. The molecular weight excluding hydrogens is 329 g/mol. The molecule has 0 saturated carbocycles. The van der Waals surface area contributed by atoms with Crippen LogP contribution >= 0.6 is 11.6 Å². The molecule has 118 valence electrons. The summed E-state index contributed by atoms with van der Waals surface area (Å²) in [5.74, 6) is 0.252. The predicted octanol–water partition coefficient (Wildman–Crippen LogP) is 3.25. The van der Waals surface area contributed by atoms with Gasteiger partial charge >= 0.3 is 12.2 Å². The molecule has 0 saturated heterocycles. The van der Waals surface area contributed by atoms with Gasteiger partial charge in [-0.3, -0.25) is 4.21 Å². The predicted molar refractivity (Wildman–Crippen MR) is 77.0 cm³/mol. The molecule has 0 aromatic heterocycles. The number of hydrogen-bond acceptors (Lipinski definition) is 2. The number of rotatable bonds is 4. The second-order valence-corrected chi connectivity index (χ2v) is 6.32. The lowest BCUT2D eigenvalue weighted by molar-refractivity contribution is -0.137. The molecule has 0 aliphatic heterocycles. The molecule has 2 unspecified atom stereocenters. The highest BCUT2D eigenvalue weighted by Crippen LogP contribution is 2.36. The van der Waals surface area contributed by atoms with Crippen LogP contribution in [0.25, 0.3) is 0 Å². The molecule has 4 nitrogen and oxygen atoms in total. The average Bonchev–Trinajstić information content (AvgIpc) is 2.28. The summed E-state index contributed by atoms with van der Waals surface area (Å²) in [5, 5.41) is 4.31. The smallest absolute Gasteiger partial charge is 0.334 e. The van der Waals surface area contributed by atoms with Crippen LogP contribution in [-0.2, 0) is 17.0 Å². The topological polar surface area (TPSA) is 58.2 Å². The molecule has 0 radical (unpaired) electrons. The van der Waals surface area contributed by atoms with Crippen LogP contribution in [-0.4, -0.2) is 28.3 Å². The van der Waals surface area contributed by atoms with E-state index < -0.39 is 33.6 Å². The van der Waals surface area contributed by atoms with Crippen LogP contribution in [0.15, 0.2) is 18.2 Å². The number of carbonyl (C=O) groups excluding carboxylic acids is 1. The van der Waals surface area contributed by atoms with Crippen LogP contribution in [0, 0.1) is 0 Å². The van der Waals surface area contributed by atoms with E-state index in [9.17, 15) is 22.2 Å². The molecule has 2 amide bonds. The number of carbonyl (C=O) groups is 1. The molecule has 0 aliphatic rings. The Kier molecular flexibility index (Phi) is 6.03. The lowest BCUT2D eigenvalue weighted by Crippen LogP contribution is -2.39. The number of nitrogens with one attached hydrogen (secondary N) is 2. The van der Waals surface area contributed by atoms with E-state index >= 15 is 0 Å². The summed E-state index contributed by atoms with van der Waals surface area (Å²) in [6.45, 7) is 1.64. The number of amides is 2. The fourth-order valence-electron chi connectivity index (χ4n) is 1.60. The maximum atomic E-state index is 12.7. The minimum atomic E-state index is -4.60. The largest absolute Gasteiger partial charge is 0.417 e. The summed E-state index contributed by atoms with van der Waals surface area (Å²) >= 11 is 5.48. The lowest BCUT2D eigenvalue weighted by atomic mass is 10.2. The quantitative estimate of drug-likeness (QED) is 0.882. The Labute approximate surface area is 127 Å². The van der Waals surface area contributed by atoms with Crippen molar-refractivity contribution in [1.29, 1.82) is 0 Å². The van der Waals surface area contributed by atoms with Gasteiger partial charge in [0.05, 0.1) is 10.6 Å². The highest BCUT2D eigenvalue weighted by Gasteiger charge is 2.33. The van der Waals surface area contributed by atoms with Crippen molar-refractivity contribution in [2.75, 3.05) is 17.3 Å². The molecular formula is C12H14ClF3N2O2S. The first-order valence-corrected chi connectivity index (χ1v) is 7.94. The normalized spacial score (nSPS) is 14.4. The molecule has 1 rings (SSSR count). The Balaban J connectivity index is 2.75. The molecule has 0 bridgehead atoms. The Morgan fingerprint density at radius 1 is 1.43 bits per heavy atom. The van der Waals surface area contributed by atoms with Crippen molar-refractivity contribution in [3.8, 4) is 0 Å². The summed E-state index contributed by atoms with van der Waals surface area (Å²) in [4.78, 5) is 11.6. The highest BCUT2D eigenvalue weighted by molar-refractivity contribution is 7.84. The zero-order valence-electron chi connectivity index (χ0n) is 11.3. The van der Waals surface area contributed by atoms with E-state index in [0.717, 1.165) is 12.1 Å². The van der Waals surface area contributed by atoms with Gasteiger partial charge in [0.2, 0.25) is 0 Å². The molecule has 0 heterocycles. The van der Waals surface area contributed by atoms with Crippen molar-refractivity contribution < 1.29 is 22.2 Å². The monoisotopic (exact) mass is 342 g/mol. The Morgan fingerprint density at radius 3 is 2.57 bits per heavy atom. The van der Waals surface area contributed by atoms with Gasteiger partial charge in [0, 0.05) is 34.5 Å². The number of urea groups is 1. The third-order valence-electron chi connectivity index (χ3n) is 2.39. The molecule has 2 N–H and O–H groups in total. The van der Waals surface area contributed by atoms with Crippen LogP contribution in [0.4, 0.5) is 23.7 Å². The van der Waals surface area contributed by atoms with E-state index in [1.54, 1.807) is 6.92 Å². The second kappa shape index (κ2) is 7.13. The average molecular weight is 343 g/mol. The van der Waals surface area contributed by atoms with Gasteiger partial charge in [0.1, 0.15) is 0 Å².